The van der Waals surface area contributed by atoms with Crippen molar-refractivity contribution < 1.29 is 23.9 Å². The summed E-state index contributed by atoms with van der Waals surface area (Å²) in [6, 6.07) is 15.2. The van der Waals surface area contributed by atoms with Crippen LogP contribution in [-0.4, -0.2) is 55.4 Å². The smallest absolute Gasteiger partial charge is 0.255 e. The maximum atomic E-state index is 13.2. The fourth-order valence-electron chi connectivity index (χ4n) is 4.19. The van der Waals surface area contributed by atoms with Crippen molar-refractivity contribution >= 4 is 23.6 Å². The monoisotopic (exact) mass is 522 g/mol. The minimum absolute atomic E-state index is 0.0307. The molecule has 9 nitrogen and oxygen atoms in total. The minimum atomic E-state index is -0.933. The van der Waals surface area contributed by atoms with Crippen molar-refractivity contribution in [2.75, 3.05) is 19.7 Å². The van der Waals surface area contributed by atoms with Crippen LogP contribution in [0.4, 0.5) is 0 Å². The Kier molecular flexibility index (Phi) is 11.1. The van der Waals surface area contributed by atoms with E-state index in [0.29, 0.717) is 30.8 Å². The summed E-state index contributed by atoms with van der Waals surface area (Å²) < 4.78 is 5.82. The molecule has 1 aliphatic heterocycles. The Morgan fingerprint density at radius 3 is 2.53 bits per heavy atom. The van der Waals surface area contributed by atoms with E-state index in [0.717, 1.165) is 12.8 Å². The topological polar surface area (TPSA) is 126 Å². The first-order valence-electron chi connectivity index (χ1n) is 13.3. The number of aryl methyl sites for hydroxylation is 1. The number of carbonyl (C=O) groups excluding carboxylic acids is 4. The lowest BCUT2D eigenvalue weighted by Gasteiger charge is -2.23. The molecule has 38 heavy (non-hydrogen) atoms. The molecular weight excluding hydrogens is 484 g/mol. The highest BCUT2D eigenvalue weighted by molar-refractivity contribution is 5.99. The number of hydrogen-bond donors (Lipinski definition) is 4. The van der Waals surface area contributed by atoms with Crippen LogP contribution in [-0.2, 0) is 20.8 Å². The number of fused-ring (bicyclic) bond motifs is 1. The standard InChI is InChI=1S/C29H38N4O5/c1-20(2)26-29(37)31-18-9-19-38-24-14-7-6-13-22(24)27(35)32-23(15-16-25(34)33-26)28(36)30-17-8-12-21-10-4-3-5-11-21/h3-7,10-11,13-14,20,23,26H,8-9,12,15-19H2,1-2H3,(H,30,36)(H,31,37)(H,32,35)(H,33,34)/t23-,26+/m0/s1. The molecule has 0 fully saturated rings. The molecule has 0 saturated heterocycles. The molecule has 2 aromatic rings. The minimum Gasteiger partial charge on any atom is -0.493 e. The van der Waals surface area contributed by atoms with Crippen LogP contribution in [0.5, 0.6) is 5.75 Å². The molecule has 1 heterocycles. The third-order valence-electron chi connectivity index (χ3n) is 6.34. The van der Waals surface area contributed by atoms with E-state index >= 15 is 0 Å². The van der Waals surface area contributed by atoms with Crippen molar-refractivity contribution in [3.8, 4) is 5.75 Å². The van der Waals surface area contributed by atoms with Crippen molar-refractivity contribution in [1.29, 1.82) is 0 Å². The third kappa shape index (κ3) is 8.90. The molecule has 4 N–H and O–H groups in total. The van der Waals surface area contributed by atoms with Gasteiger partial charge in [0.15, 0.2) is 0 Å². The normalized spacial score (nSPS) is 19.4. The second-order valence-corrected chi connectivity index (χ2v) is 9.72. The summed E-state index contributed by atoms with van der Waals surface area (Å²) in [7, 11) is 0. The highest BCUT2D eigenvalue weighted by Gasteiger charge is 2.27. The summed E-state index contributed by atoms with van der Waals surface area (Å²) >= 11 is 0. The first kappa shape index (κ1) is 28.7. The summed E-state index contributed by atoms with van der Waals surface area (Å²) in [5, 5.41) is 11.3. The predicted octanol–water partition coefficient (Wildman–Crippen LogP) is 2.35. The number of benzene rings is 2. The number of hydrogen-bond acceptors (Lipinski definition) is 5. The van der Waals surface area contributed by atoms with Gasteiger partial charge in [0.25, 0.3) is 5.91 Å². The van der Waals surface area contributed by atoms with Gasteiger partial charge >= 0.3 is 0 Å². The second kappa shape index (κ2) is 14.8. The van der Waals surface area contributed by atoms with Crippen molar-refractivity contribution in [3.05, 3.63) is 65.7 Å². The fourth-order valence-corrected chi connectivity index (χ4v) is 4.19. The van der Waals surface area contributed by atoms with Crippen LogP contribution in [0.25, 0.3) is 0 Å². The van der Waals surface area contributed by atoms with Gasteiger partial charge in [-0.15, -0.1) is 0 Å². The molecule has 4 amide bonds. The molecule has 0 aliphatic carbocycles. The molecule has 1 aliphatic rings. The molecule has 0 aromatic heterocycles. The number of para-hydroxylation sites is 1. The van der Waals surface area contributed by atoms with Crippen molar-refractivity contribution in [3.63, 3.8) is 0 Å². The lowest BCUT2D eigenvalue weighted by atomic mass is 10.0. The Balaban J connectivity index is 1.72. The maximum Gasteiger partial charge on any atom is 0.255 e. The lowest BCUT2D eigenvalue weighted by molar-refractivity contribution is -0.130. The number of nitrogens with one attached hydrogen (secondary N) is 4. The average molecular weight is 523 g/mol. The SMILES string of the molecule is CC(C)[C@H]1NC(=O)CC[C@@H](C(=O)NCCCc2ccccc2)NC(=O)c2ccccc2OCCCNC1=O. The van der Waals surface area contributed by atoms with E-state index in [2.05, 4.69) is 21.3 Å². The van der Waals surface area contributed by atoms with E-state index in [9.17, 15) is 19.2 Å². The molecule has 2 atom stereocenters. The predicted molar refractivity (Wildman–Crippen MR) is 145 cm³/mol. The van der Waals surface area contributed by atoms with E-state index < -0.39 is 18.0 Å². The van der Waals surface area contributed by atoms with Crippen LogP contribution < -0.4 is 26.0 Å². The van der Waals surface area contributed by atoms with Crippen LogP contribution in [0.1, 0.15) is 55.5 Å². The first-order valence-corrected chi connectivity index (χ1v) is 13.3. The van der Waals surface area contributed by atoms with Gasteiger partial charge in [-0.2, -0.15) is 0 Å². The molecule has 0 saturated carbocycles. The van der Waals surface area contributed by atoms with Crippen LogP contribution in [0.2, 0.25) is 0 Å². The van der Waals surface area contributed by atoms with E-state index in [1.807, 2.05) is 44.2 Å². The van der Waals surface area contributed by atoms with Crippen LogP contribution in [0.3, 0.4) is 0 Å². The number of amides is 4. The summed E-state index contributed by atoms with van der Waals surface area (Å²) in [5.74, 6) is -1.16. The lowest BCUT2D eigenvalue weighted by Crippen LogP contribution is -2.51. The van der Waals surface area contributed by atoms with Gasteiger partial charge in [0, 0.05) is 19.5 Å². The van der Waals surface area contributed by atoms with E-state index in [4.69, 9.17) is 4.74 Å². The van der Waals surface area contributed by atoms with E-state index in [1.165, 1.54) is 5.56 Å². The molecule has 2 aromatic carbocycles. The Morgan fingerprint density at radius 2 is 1.76 bits per heavy atom. The first-order chi connectivity index (χ1) is 18.3. The average Bonchev–Trinajstić information content (AvgIpc) is 2.91. The van der Waals surface area contributed by atoms with Crippen molar-refractivity contribution in [2.45, 2.75) is 58.0 Å². The molecule has 9 heteroatoms. The molecule has 0 spiro atoms. The largest absolute Gasteiger partial charge is 0.493 e. The van der Waals surface area contributed by atoms with Gasteiger partial charge in [0.05, 0.1) is 12.2 Å². The molecule has 204 valence electrons. The zero-order valence-corrected chi connectivity index (χ0v) is 22.1. The number of rotatable bonds is 6. The molecule has 0 bridgehead atoms. The van der Waals surface area contributed by atoms with Gasteiger partial charge in [0.2, 0.25) is 17.7 Å². The van der Waals surface area contributed by atoms with Crippen LogP contribution in [0, 0.1) is 5.92 Å². The molecule has 0 unspecified atom stereocenters. The Labute approximate surface area is 224 Å². The molecule has 3 rings (SSSR count). The van der Waals surface area contributed by atoms with Gasteiger partial charge in [-0.1, -0.05) is 56.3 Å². The highest BCUT2D eigenvalue weighted by atomic mass is 16.5. The Hall–Kier alpha value is -3.88. The molecular formula is C29H38N4O5. The van der Waals surface area contributed by atoms with E-state index in [-0.39, 0.29) is 43.1 Å². The van der Waals surface area contributed by atoms with Gasteiger partial charge in [-0.25, -0.2) is 0 Å². The third-order valence-corrected chi connectivity index (χ3v) is 6.34. The van der Waals surface area contributed by atoms with E-state index in [1.54, 1.807) is 24.3 Å². The Morgan fingerprint density at radius 1 is 1.03 bits per heavy atom. The Bertz CT molecular complexity index is 1090. The quantitative estimate of drug-likeness (QED) is 0.434. The number of ether oxygens (including phenoxy) is 1. The summed E-state index contributed by atoms with van der Waals surface area (Å²) in [6.07, 6.45) is 2.12. The maximum absolute atomic E-state index is 13.2. The van der Waals surface area contributed by atoms with Gasteiger partial charge in [-0.3, -0.25) is 19.2 Å². The number of carbonyl (C=O) groups is 4. The second-order valence-electron chi connectivity index (χ2n) is 9.72. The fraction of sp³-hybridized carbons (Fsp3) is 0.448. The van der Waals surface area contributed by atoms with Gasteiger partial charge in [-0.05, 0) is 49.3 Å². The van der Waals surface area contributed by atoms with Crippen LogP contribution in [0.15, 0.2) is 54.6 Å². The van der Waals surface area contributed by atoms with Crippen LogP contribution >= 0.6 is 0 Å². The summed E-state index contributed by atoms with van der Waals surface area (Å²) in [4.78, 5) is 51.7. The molecule has 0 radical (unpaired) electrons. The van der Waals surface area contributed by atoms with Gasteiger partial charge in [0.1, 0.15) is 17.8 Å². The van der Waals surface area contributed by atoms with Crippen molar-refractivity contribution in [1.82, 2.24) is 21.3 Å². The zero-order chi connectivity index (χ0) is 27.3. The summed E-state index contributed by atoms with van der Waals surface area (Å²) in [5.41, 5.74) is 1.48. The summed E-state index contributed by atoms with van der Waals surface area (Å²) in [6.45, 7) is 4.80. The van der Waals surface area contributed by atoms with Crippen molar-refractivity contribution in [2.24, 2.45) is 5.92 Å². The van der Waals surface area contributed by atoms with Gasteiger partial charge < -0.3 is 26.0 Å². The zero-order valence-electron chi connectivity index (χ0n) is 22.1. The highest BCUT2D eigenvalue weighted by Crippen LogP contribution is 2.19.